The highest BCUT2D eigenvalue weighted by atomic mass is 32.2. The zero-order valence-electron chi connectivity index (χ0n) is 10.6. The first kappa shape index (κ1) is 14.4. The van der Waals surface area contributed by atoms with Gasteiger partial charge in [0, 0.05) is 16.2 Å². The lowest BCUT2D eigenvalue weighted by atomic mass is 10.2. The zero-order chi connectivity index (χ0) is 13.7. The lowest BCUT2D eigenvalue weighted by molar-refractivity contribution is 0.321. The summed E-state index contributed by atoms with van der Waals surface area (Å²) in [6, 6.07) is 10.1. The Bertz CT molecular complexity index is 552. The van der Waals surface area contributed by atoms with Crippen molar-refractivity contribution >= 4 is 40.3 Å². The van der Waals surface area contributed by atoms with Crippen molar-refractivity contribution < 1.29 is 4.74 Å². The van der Waals surface area contributed by atoms with Crippen molar-refractivity contribution in [3.63, 3.8) is 0 Å². The first-order valence-electron chi connectivity index (χ1n) is 5.84. The Hall–Kier alpha value is -1.04. The molecule has 0 unspecified atom stereocenters. The summed E-state index contributed by atoms with van der Waals surface area (Å²) in [7, 11) is 0. The maximum absolute atomic E-state index is 5.84. The van der Waals surface area contributed by atoms with Gasteiger partial charge in [0.1, 0.15) is 10.7 Å². The second kappa shape index (κ2) is 6.93. The molecular weight excluding hydrogens is 294 g/mol. The number of thiocarbonyl (C=S) groups is 1. The third-order valence-electron chi connectivity index (χ3n) is 2.64. The number of rotatable bonds is 6. The number of benzene rings is 1. The molecule has 19 heavy (non-hydrogen) atoms. The van der Waals surface area contributed by atoms with E-state index in [4.69, 9.17) is 22.7 Å². The second-order valence-corrected chi connectivity index (χ2v) is 6.20. The molecule has 0 aliphatic rings. The van der Waals surface area contributed by atoms with Crippen molar-refractivity contribution in [1.29, 1.82) is 0 Å². The second-order valence-electron chi connectivity index (χ2n) is 3.88. The highest BCUT2D eigenvalue weighted by Gasteiger charge is 2.11. The highest BCUT2D eigenvalue weighted by Crippen LogP contribution is 2.29. The van der Waals surface area contributed by atoms with Crippen LogP contribution >= 0.6 is 35.3 Å². The van der Waals surface area contributed by atoms with Gasteiger partial charge < -0.3 is 10.5 Å². The van der Waals surface area contributed by atoms with E-state index >= 15 is 0 Å². The summed E-state index contributed by atoms with van der Waals surface area (Å²) in [6.07, 6.45) is 2.91. The van der Waals surface area contributed by atoms with Gasteiger partial charge in [0.05, 0.1) is 12.2 Å². The Morgan fingerprint density at radius 2 is 2.21 bits per heavy atom. The van der Waals surface area contributed by atoms with Crippen molar-refractivity contribution in [1.82, 2.24) is 0 Å². The van der Waals surface area contributed by atoms with Crippen molar-refractivity contribution in [2.24, 2.45) is 5.73 Å². The van der Waals surface area contributed by atoms with Gasteiger partial charge in [-0.05, 0) is 29.8 Å². The van der Waals surface area contributed by atoms with Crippen LogP contribution in [0.1, 0.15) is 10.4 Å². The standard InChI is InChI=1S/C14H15NOS3/c1-18-12-6-2-5-11(13(12)14(15)17)16-8-7-10-4-3-9-19-10/h2-6,9H,7-8H2,1H3,(H2,15,17). The molecule has 0 radical (unpaired) electrons. The van der Waals surface area contributed by atoms with E-state index in [2.05, 4.69) is 17.5 Å². The van der Waals surface area contributed by atoms with Gasteiger partial charge >= 0.3 is 0 Å². The number of hydrogen-bond donors (Lipinski definition) is 1. The van der Waals surface area contributed by atoms with Crippen LogP contribution in [0.15, 0.2) is 40.6 Å². The molecule has 1 heterocycles. The normalized spacial score (nSPS) is 10.4. The Balaban J connectivity index is 2.09. The molecule has 0 atom stereocenters. The van der Waals surface area contributed by atoms with E-state index < -0.39 is 0 Å². The molecule has 0 aliphatic carbocycles. The fourth-order valence-electron chi connectivity index (χ4n) is 1.76. The topological polar surface area (TPSA) is 35.2 Å². The minimum absolute atomic E-state index is 0.385. The van der Waals surface area contributed by atoms with Gasteiger partial charge in [-0.25, -0.2) is 0 Å². The average Bonchev–Trinajstić information content (AvgIpc) is 2.91. The smallest absolute Gasteiger partial charge is 0.130 e. The van der Waals surface area contributed by atoms with E-state index in [1.165, 1.54) is 4.88 Å². The van der Waals surface area contributed by atoms with Gasteiger partial charge in [-0.1, -0.05) is 24.4 Å². The summed E-state index contributed by atoms with van der Waals surface area (Å²) in [5, 5.41) is 2.07. The maximum atomic E-state index is 5.84. The number of hydrogen-bond acceptors (Lipinski definition) is 4. The molecule has 0 spiro atoms. The zero-order valence-corrected chi connectivity index (χ0v) is 13.0. The molecule has 2 N–H and O–H groups in total. The van der Waals surface area contributed by atoms with Crippen LogP contribution in [0, 0.1) is 0 Å². The quantitative estimate of drug-likeness (QED) is 0.651. The van der Waals surface area contributed by atoms with E-state index in [-0.39, 0.29) is 0 Å². The average molecular weight is 309 g/mol. The van der Waals surface area contributed by atoms with E-state index in [0.717, 1.165) is 22.6 Å². The molecule has 0 fully saturated rings. The van der Waals surface area contributed by atoms with Crippen molar-refractivity contribution in [3.8, 4) is 5.75 Å². The fourth-order valence-corrected chi connectivity index (χ4v) is 3.36. The number of thioether (sulfide) groups is 1. The van der Waals surface area contributed by atoms with Gasteiger partial charge in [-0.2, -0.15) is 0 Å². The molecule has 2 rings (SSSR count). The van der Waals surface area contributed by atoms with Crippen LogP contribution in [0.5, 0.6) is 5.75 Å². The largest absolute Gasteiger partial charge is 0.492 e. The molecule has 1 aromatic heterocycles. The van der Waals surface area contributed by atoms with Gasteiger partial charge in [0.2, 0.25) is 0 Å². The Morgan fingerprint density at radius 1 is 1.37 bits per heavy atom. The van der Waals surface area contributed by atoms with Gasteiger partial charge in [0.15, 0.2) is 0 Å². The van der Waals surface area contributed by atoms with Crippen LogP contribution in [-0.2, 0) is 6.42 Å². The molecule has 0 saturated carbocycles. The maximum Gasteiger partial charge on any atom is 0.130 e. The highest BCUT2D eigenvalue weighted by molar-refractivity contribution is 7.98. The molecule has 2 aromatic rings. The Labute approximate surface area is 127 Å². The predicted octanol–water partition coefficient (Wildman–Crippen LogP) is 3.73. The van der Waals surface area contributed by atoms with E-state index in [0.29, 0.717) is 11.6 Å². The van der Waals surface area contributed by atoms with Crippen LogP contribution < -0.4 is 10.5 Å². The van der Waals surface area contributed by atoms with Crippen LogP contribution in [0.3, 0.4) is 0 Å². The summed E-state index contributed by atoms with van der Waals surface area (Å²) in [5.41, 5.74) is 6.64. The molecule has 1 aromatic carbocycles. The molecule has 0 aliphatic heterocycles. The van der Waals surface area contributed by atoms with Crippen molar-refractivity contribution in [2.45, 2.75) is 11.3 Å². The van der Waals surface area contributed by atoms with E-state index in [1.807, 2.05) is 24.5 Å². The van der Waals surface area contributed by atoms with Gasteiger partial charge in [0.25, 0.3) is 0 Å². The Kier molecular flexibility index (Phi) is 5.24. The molecule has 0 amide bonds. The summed E-state index contributed by atoms with van der Waals surface area (Å²) in [5.74, 6) is 0.774. The monoisotopic (exact) mass is 309 g/mol. The van der Waals surface area contributed by atoms with Crippen molar-refractivity contribution in [2.75, 3.05) is 12.9 Å². The summed E-state index contributed by atoms with van der Waals surface area (Å²) in [4.78, 5) is 2.76. The Morgan fingerprint density at radius 3 is 2.84 bits per heavy atom. The first-order chi connectivity index (χ1) is 9.22. The predicted molar refractivity (Wildman–Crippen MR) is 87.6 cm³/mol. The van der Waals surface area contributed by atoms with E-state index in [1.54, 1.807) is 23.1 Å². The molecule has 0 saturated heterocycles. The minimum atomic E-state index is 0.385. The first-order valence-corrected chi connectivity index (χ1v) is 8.35. The lowest BCUT2D eigenvalue weighted by Crippen LogP contribution is -2.14. The summed E-state index contributed by atoms with van der Waals surface area (Å²) < 4.78 is 5.84. The fraction of sp³-hybridized carbons (Fsp3) is 0.214. The number of nitrogens with two attached hydrogens (primary N) is 1. The van der Waals surface area contributed by atoms with Gasteiger partial charge in [-0.3, -0.25) is 0 Å². The number of thiophene rings is 1. The third-order valence-corrected chi connectivity index (χ3v) is 4.56. The number of ether oxygens (including phenoxy) is 1. The molecule has 0 bridgehead atoms. The third kappa shape index (κ3) is 3.72. The van der Waals surface area contributed by atoms with Crippen LogP contribution in [0.4, 0.5) is 0 Å². The van der Waals surface area contributed by atoms with Gasteiger partial charge in [-0.15, -0.1) is 23.1 Å². The lowest BCUT2D eigenvalue weighted by Gasteiger charge is -2.13. The molecule has 100 valence electrons. The SMILES string of the molecule is CSc1cccc(OCCc2cccs2)c1C(N)=S. The van der Waals surface area contributed by atoms with E-state index in [9.17, 15) is 0 Å². The summed E-state index contributed by atoms with van der Waals surface area (Å²) in [6.45, 7) is 0.633. The molecular formula is C14H15NOS3. The summed E-state index contributed by atoms with van der Waals surface area (Å²) >= 11 is 8.49. The van der Waals surface area contributed by atoms with Crippen LogP contribution in [-0.4, -0.2) is 17.9 Å². The van der Waals surface area contributed by atoms with Crippen LogP contribution in [0.2, 0.25) is 0 Å². The molecule has 2 nitrogen and oxygen atoms in total. The van der Waals surface area contributed by atoms with Crippen LogP contribution in [0.25, 0.3) is 0 Å². The van der Waals surface area contributed by atoms with Crippen molar-refractivity contribution in [3.05, 3.63) is 46.2 Å². The molecule has 5 heteroatoms. The minimum Gasteiger partial charge on any atom is -0.492 e.